The van der Waals surface area contributed by atoms with Gasteiger partial charge in [-0.2, -0.15) is 0 Å². The predicted molar refractivity (Wildman–Crippen MR) is 101 cm³/mol. The molecule has 0 bridgehead atoms. The molecule has 3 heterocycles. The van der Waals surface area contributed by atoms with E-state index in [2.05, 4.69) is 15.0 Å². The SMILES string of the molecule is COCc1cc(C)nc2sc(-c3nc4ccccc4c(=O)[nH]3)c(N)c12. The fraction of sp³-hybridized carbons (Fsp3) is 0.167. The van der Waals surface area contributed by atoms with Crippen molar-refractivity contribution in [2.45, 2.75) is 13.5 Å². The summed E-state index contributed by atoms with van der Waals surface area (Å²) in [5.74, 6) is 0.463. The standard InChI is InChI=1S/C18H16N4O2S/c1-9-7-10(8-24-2)13-14(19)15(25-18(13)20-9)16-21-12-6-4-3-5-11(12)17(23)22-16/h3-7H,8,19H2,1-2H3,(H,21,22,23). The topological polar surface area (TPSA) is 93.9 Å². The van der Waals surface area contributed by atoms with Gasteiger partial charge >= 0.3 is 0 Å². The molecule has 6 nitrogen and oxygen atoms in total. The molecule has 0 saturated carbocycles. The van der Waals surface area contributed by atoms with E-state index in [1.165, 1.54) is 11.3 Å². The lowest BCUT2D eigenvalue weighted by Crippen LogP contribution is -2.09. The Morgan fingerprint density at radius 1 is 1.28 bits per heavy atom. The Bertz CT molecular complexity index is 1160. The number of aryl methyl sites for hydroxylation is 1. The van der Waals surface area contributed by atoms with Crippen molar-refractivity contribution in [2.24, 2.45) is 0 Å². The van der Waals surface area contributed by atoms with Gasteiger partial charge in [0.15, 0.2) is 5.82 Å². The summed E-state index contributed by atoms with van der Waals surface area (Å²) in [5, 5.41) is 1.42. The molecule has 1 aromatic carbocycles. The Morgan fingerprint density at radius 2 is 2.08 bits per heavy atom. The summed E-state index contributed by atoms with van der Waals surface area (Å²) in [4.78, 5) is 25.9. The van der Waals surface area contributed by atoms with Crippen molar-refractivity contribution in [1.82, 2.24) is 15.0 Å². The van der Waals surface area contributed by atoms with Gasteiger partial charge in [-0.15, -0.1) is 11.3 Å². The number of thiophene rings is 1. The Kier molecular flexibility index (Phi) is 3.74. The van der Waals surface area contributed by atoms with Crippen molar-refractivity contribution in [1.29, 1.82) is 0 Å². The van der Waals surface area contributed by atoms with E-state index >= 15 is 0 Å². The number of aromatic nitrogens is 3. The number of nitrogens with one attached hydrogen (secondary N) is 1. The third-order valence-electron chi connectivity index (χ3n) is 4.04. The number of anilines is 1. The number of hydrogen-bond acceptors (Lipinski definition) is 6. The smallest absolute Gasteiger partial charge is 0.259 e. The third-order valence-corrected chi connectivity index (χ3v) is 5.14. The number of pyridine rings is 1. The first-order valence-corrected chi connectivity index (χ1v) is 8.57. The van der Waals surface area contributed by atoms with Gasteiger partial charge in [0, 0.05) is 18.2 Å². The number of aromatic amines is 1. The lowest BCUT2D eigenvalue weighted by atomic mass is 10.1. The van der Waals surface area contributed by atoms with Gasteiger partial charge < -0.3 is 15.5 Å². The summed E-state index contributed by atoms with van der Waals surface area (Å²) in [6, 6.07) is 9.21. The lowest BCUT2D eigenvalue weighted by Gasteiger charge is -2.05. The summed E-state index contributed by atoms with van der Waals surface area (Å²) < 4.78 is 5.29. The second kappa shape index (κ2) is 5.94. The van der Waals surface area contributed by atoms with Crippen molar-refractivity contribution in [3.05, 3.63) is 51.9 Å². The second-order valence-electron chi connectivity index (χ2n) is 5.81. The zero-order chi connectivity index (χ0) is 17.6. The molecular weight excluding hydrogens is 336 g/mol. The van der Waals surface area contributed by atoms with Gasteiger partial charge in [0.1, 0.15) is 4.83 Å². The predicted octanol–water partition coefficient (Wildman–Crippen LogP) is 3.24. The van der Waals surface area contributed by atoms with E-state index in [-0.39, 0.29) is 5.56 Å². The highest BCUT2D eigenvalue weighted by Gasteiger charge is 2.18. The molecule has 0 radical (unpaired) electrons. The molecular formula is C18H16N4O2S. The van der Waals surface area contributed by atoms with Crippen LogP contribution in [0.15, 0.2) is 35.1 Å². The number of methoxy groups -OCH3 is 1. The van der Waals surface area contributed by atoms with Crippen molar-refractivity contribution in [3.8, 4) is 10.7 Å². The maximum absolute atomic E-state index is 12.4. The zero-order valence-corrected chi connectivity index (χ0v) is 14.6. The van der Waals surface area contributed by atoms with E-state index in [1.54, 1.807) is 13.2 Å². The van der Waals surface area contributed by atoms with E-state index in [0.717, 1.165) is 21.5 Å². The minimum atomic E-state index is -0.182. The molecule has 0 atom stereocenters. The van der Waals surface area contributed by atoms with Crippen LogP contribution in [-0.4, -0.2) is 22.1 Å². The first kappa shape index (κ1) is 15.7. The average Bonchev–Trinajstić information content (AvgIpc) is 2.92. The first-order valence-electron chi connectivity index (χ1n) is 7.75. The van der Waals surface area contributed by atoms with Crippen LogP contribution in [0.2, 0.25) is 0 Å². The second-order valence-corrected chi connectivity index (χ2v) is 6.81. The number of nitrogens with two attached hydrogens (primary N) is 1. The minimum Gasteiger partial charge on any atom is -0.397 e. The maximum Gasteiger partial charge on any atom is 0.259 e. The zero-order valence-electron chi connectivity index (χ0n) is 13.8. The van der Waals surface area contributed by atoms with Crippen molar-refractivity contribution in [2.75, 3.05) is 12.8 Å². The number of hydrogen-bond donors (Lipinski definition) is 2. The molecule has 25 heavy (non-hydrogen) atoms. The molecule has 3 aromatic heterocycles. The van der Waals surface area contributed by atoms with E-state index < -0.39 is 0 Å². The van der Waals surface area contributed by atoms with Gasteiger partial charge in [-0.05, 0) is 30.7 Å². The third kappa shape index (κ3) is 2.57. The van der Waals surface area contributed by atoms with Crippen molar-refractivity contribution >= 4 is 38.1 Å². The Balaban J connectivity index is 2.00. The molecule has 4 rings (SSSR count). The van der Waals surface area contributed by atoms with Crippen LogP contribution >= 0.6 is 11.3 Å². The van der Waals surface area contributed by atoms with Gasteiger partial charge in [-0.3, -0.25) is 4.79 Å². The molecule has 0 fully saturated rings. The number of fused-ring (bicyclic) bond motifs is 2. The summed E-state index contributed by atoms with van der Waals surface area (Å²) in [5.41, 5.74) is 9.30. The maximum atomic E-state index is 12.4. The van der Waals surface area contributed by atoms with Crippen LogP contribution in [0.1, 0.15) is 11.3 Å². The lowest BCUT2D eigenvalue weighted by molar-refractivity contribution is 0.186. The van der Waals surface area contributed by atoms with Gasteiger partial charge in [0.25, 0.3) is 5.56 Å². The van der Waals surface area contributed by atoms with Crippen LogP contribution < -0.4 is 11.3 Å². The van der Waals surface area contributed by atoms with Crippen LogP contribution in [0.3, 0.4) is 0 Å². The quantitative estimate of drug-likeness (QED) is 0.590. The van der Waals surface area contributed by atoms with E-state index in [1.807, 2.05) is 31.2 Å². The number of rotatable bonds is 3. The summed E-state index contributed by atoms with van der Waals surface area (Å²) in [6.45, 7) is 2.38. The van der Waals surface area contributed by atoms with Gasteiger partial charge in [-0.1, -0.05) is 12.1 Å². The molecule has 0 aliphatic heterocycles. The van der Waals surface area contributed by atoms with Crippen LogP contribution in [0.4, 0.5) is 5.69 Å². The monoisotopic (exact) mass is 352 g/mol. The van der Waals surface area contributed by atoms with E-state index in [0.29, 0.717) is 33.9 Å². The van der Waals surface area contributed by atoms with Gasteiger partial charge in [-0.25, -0.2) is 9.97 Å². The number of nitrogens with zero attached hydrogens (tertiary/aromatic N) is 2. The number of ether oxygens (including phenoxy) is 1. The summed E-state index contributed by atoms with van der Waals surface area (Å²) in [7, 11) is 1.65. The molecule has 0 saturated heterocycles. The van der Waals surface area contributed by atoms with Gasteiger partial charge in [0.05, 0.1) is 28.1 Å². The van der Waals surface area contributed by atoms with E-state index in [9.17, 15) is 4.79 Å². The fourth-order valence-corrected chi connectivity index (χ4v) is 4.11. The van der Waals surface area contributed by atoms with E-state index in [4.69, 9.17) is 10.5 Å². The molecule has 126 valence electrons. The van der Waals surface area contributed by atoms with Gasteiger partial charge in [0.2, 0.25) is 0 Å². The van der Waals surface area contributed by atoms with Crippen LogP contribution in [0, 0.1) is 6.92 Å². The number of benzene rings is 1. The number of H-pyrrole nitrogens is 1. The molecule has 7 heteroatoms. The fourth-order valence-electron chi connectivity index (χ4n) is 2.98. The number of nitrogen functional groups attached to an aromatic ring is 1. The average molecular weight is 352 g/mol. The highest BCUT2D eigenvalue weighted by molar-refractivity contribution is 7.22. The van der Waals surface area contributed by atoms with Crippen LogP contribution in [0.5, 0.6) is 0 Å². The van der Waals surface area contributed by atoms with Crippen LogP contribution in [-0.2, 0) is 11.3 Å². The van der Waals surface area contributed by atoms with Crippen LogP contribution in [0.25, 0.3) is 31.8 Å². The summed E-state index contributed by atoms with van der Waals surface area (Å²) >= 11 is 1.42. The Morgan fingerprint density at radius 3 is 2.88 bits per heavy atom. The molecule has 0 unspecified atom stereocenters. The van der Waals surface area contributed by atoms with Crippen molar-refractivity contribution < 1.29 is 4.74 Å². The highest BCUT2D eigenvalue weighted by Crippen LogP contribution is 2.40. The molecule has 0 spiro atoms. The highest BCUT2D eigenvalue weighted by atomic mass is 32.1. The largest absolute Gasteiger partial charge is 0.397 e. The van der Waals surface area contributed by atoms with Crippen molar-refractivity contribution in [3.63, 3.8) is 0 Å². The molecule has 0 aliphatic rings. The molecule has 0 amide bonds. The molecule has 0 aliphatic carbocycles. The first-order chi connectivity index (χ1) is 12.1. The Labute approximate surface area is 147 Å². The number of para-hydroxylation sites is 1. The molecule has 4 aromatic rings. The Hall–Kier alpha value is -2.77. The normalized spacial score (nSPS) is 11.4. The minimum absolute atomic E-state index is 0.182. The summed E-state index contributed by atoms with van der Waals surface area (Å²) in [6.07, 6.45) is 0. The molecule has 3 N–H and O–H groups in total.